The molecule has 88 valence electrons. The van der Waals surface area contributed by atoms with Gasteiger partial charge in [-0.25, -0.2) is 8.42 Å². The lowest BCUT2D eigenvalue weighted by Gasteiger charge is -2.07. The van der Waals surface area contributed by atoms with Crippen molar-refractivity contribution in [2.45, 2.75) is 25.7 Å². The van der Waals surface area contributed by atoms with E-state index in [1.807, 2.05) is 0 Å². The molecular weight excluding hydrogens is 226 g/mol. The van der Waals surface area contributed by atoms with Gasteiger partial charge in [-0.05, 0) is 25.5 Å². The molecule has 1 aromatic carbocycles. The third-order valence-electron chi connectivity index (χ3n) is 2.47. The number of hydrogen-bond acceptors (Lipinski definition) is 4. The molecule has 0 fully saturated rings. The second kappa shape index (κ2) is 4.65. The summed E-state index contributed by atoms with van der Waals surface area (Å²) in [6.07, 6.45) is 0. The van der Waals surface area contributed by atoms with E-state index in [0.717, 1.165) is 0 Å². The summed E-state index contributed by atoms with van der Waals surface area (Å²) in [5.41, 5.74) is 1.71. The van der Waals surface area contributed by atoms with Crippen molar-refractivity contribution in [3.05, 3.63) is 29.3 Å². The Morgan fingerprint density at radius 3 is 2.56 bits per heavy atom. The van der Waals surface area contributed by atoms with E-state index in [0.29, 0.717) is 21.7 Å². The summed E-state index contributed by atoms with van der Waals surface area (Å²) >= 11 is 0. The molecule has 0 aliphatic rings. The Kier molecular flexibility index (Phi) is 3.70. The van der Waals surface area contributed by atoms with Crippen molar-refractivity contribution in [1.29, 1.82) is 0 Å². The van der Waals surface area contributed by atoms with Crippen LogP contribution in [0.5, 0.6) is 0 Å². The summed E-state index contributed by atoms with van der Waals surface area (Å²) < 4.78 is 23.6. The summed E-state index contributed by atoms with van der Waals surface area (Å²) in [7, 11) is -3.23. The van der Waals surface area contributed by atoms with E-state index in [9.17, 15) is 8.42 Å². The van der Waals surface area contributed by atoms with Gasteiger partial charge in [0.1, 0.15) is 0 Å². The first kappa shape index (κ1) is 12.7. The fourth-order valence-electron chi connectivity index (χ4n) is 1.37. The molecule has 1 N–H and O–H groups in total. The first-order valence-corrected chi connectivity index (χ1v) is 6.60. The smallest absolute Gasteiger partial charge is 0.178 e. The average Bonchev–Trinajstić information content (AvgIpc) is 2.28. The van der Waals surface area contributed by atoms with Crippen LogP contribution in [-0.4, -0.2) is 25.1 Å². The van der Waals surface area contributed by atoms with Gasteiger partial charge in [0.05, 0.1) is 16.4 Å². The molecule has 0 aromatic heterocycles. The van der Waals surface area contributed by atoms with Crippen LogP contribution >= 0.6 is 0 Å². The lowest BCUT2D eigenvalue weighted by molar-refractivity contribution is 0.319. The average molecular weight is 241 g/mol. The fraction of sp³-hybridized carbons (Fsp3) is 0.364. The molecule has 0 atom stereocenters. The molecule has 4 nitrogen and oxygen atoms in total. The number of rotatable bonds is 3. The van der Waals surface area contributed by atoms with Crippen LogP contribution in [0.3, 0.4) is 0 Å². The molecule has 0 unspecified atom stereocenters. The molecule has 0 aliphatic carbocycles. The van der Waals surface area contributed by atoms with Gasteiger partial charge in [0.25, 0.3) is 0 Å². The molecule has 0 spiro atoms. The molecule has 1 aromatic rings. The van der Waals surface area contributed by atoms with Crippen LogP contribution in [0.25, 0.3) is 0 Å². The van der Waals surface area contributed by atoms with Gasteiger partial charge in [-0.2, -0.15) is 0 Å². The van der Waals surface area contributed by atoms with E-state index in [4.69, 9.17) is 5.21 Å². The monoisotopic (exact) mass is 241 g/mol. The van der Waals surface area contributed by atoms with Crippen LogP contribution in [0, 0.1) is 6.92 Å². The van der Waals surface area contributed by atoms with Gasteiger partial charge in [0.2, 0.25) is 0 Å². The van der Waals surface area contributed by atoms with Crippen LogP contribution in [0.2, 0.25) is 0 Å². The second-order valence-corrected chi connectivity index (χ2v) is 5.82. The largest absolute Gasteiger partial charge is 0.411 e. The maximum Gasteiger partial charge on any atom is 0.178 e. The zero-order valence-electron chi connectivity index (χ0n) is 9.56. The van der Waals surface area contributed by atoms with Gasteiger partial charge < -0.3 is 5.21 Å². The summed E-state index contributed by atoms with van der Waals surface area (Å²) in [6.45, 7) is 4.97. The molecule has 16 heavy (non-hydrogen) atoms. The number of aryl methyl sites for hydroxylation is 1. The molecular formula is C11H15NO3S. The minimum atomic E-state index is -3.23. The Hall–Kier alpha value is -1.36. The highest BCUT2D eigenvalue weighted by atomic mass is 32.2. The molecule has 0 saturated heterocycles. The van der Waals surface area contributed by atoms with Gasteiger partial charge in [-0.15, -0.1) is 0 Å². The predicted octanol–water partition coefficient (Wildman–Crippen LogP) is 1.99. The van der Waals surface area contributed by atoms with Crippen LogP contribution < -0.4 is 0 Å². The number of nitrogens with zero attached hydrogens (tertiary/aromatic N) is 1. The van der Waals surface area contributed by atoms with E-state index >= 15 is 0 Å². The van der Waals surface area contributed by atoms with Gasteiger partial charge >= 0.3 is 0 Å². The van der Waals surface area contributed by atoms with Crippen LogP contribution in [0.4, 0.5) is 0 Å². The minimum Gasteiger partial charge on any atom is -0.411 e. The van der Waals surface area contributed by atoms with Crippen LogP contribution in [0.1, 0.15) is 25.0 Å². The first-order valence-electron chi connectivity index (χ1n) is 4.94. The zero-order valence-corrected chi connectivity index (χ0v) is 10.4. The van der Waals surface area contributed by atoms with Crippen molar-refractivity contribution in [3.63, 3.8) is 0 Å². The van der Waals surface area contributed by atoms with Crippen LogP contribution in [0.15, 0.2) is 28.3 Å². The molecule has 0 saturated carbocycles. The number of oxime groups is 1. The van der Waals surface area contributed by atoms with Crippen molar-refractivity contribution in [2.24, 2.45) is 5.16 Å². The van der Waals surface area contributed by atoms with E-state index < -0.39 is 9.84 Å². The summed E-state index contributed by atoms with van der Waals surface area (Å²) in [5.74, 6) is 0.0621. The fourth-order valence-corrected chi connectivity index (χ4v) is 2.55. The number of benzene rings is 1. The van der Waals surface area contributed by atoms with Gasteiger partial charge in [-0.3, -0.25) is 0 Å². The predicted molar refractivity (Wildman–Crippen MR) is 62.9 cm³/mol. The number of hydrogen-bond donors (Lipinski definition) is 1. The highest BCUT2D eigenvalue weighted by Crippen LogP contribution is 2.18. The molecule has 0 amide bonds. The van der Waals surface area contributed by atoms with Crippen molar-refractivity contribution in [3.8, 4) is 0 Å². The lowest BCUT2D eigenvalue weighted by atomic mass is 10.1. The molecule has 0 radical (unpaired) electrons. The normalized spacial score (nSPS) is 12.8. The molecule has 0 bridgehead atoms. The summed E-state index contributed by atoms with van der Waals surface area (Å²) in [5, 5.41) is 11.7. The Morgan fingerprint density at radius 1 is 1.44 bits per heavy atom. The van der Waals surface area contributed by atoms with Gasteiger partial charge in [0, 0.05) is 5.56 Å². The first-order chi connectivity index (χ1) is 7.42. The van der Waals surface area contributed by atoms with E-state index in [1.165, 1.54) is 0 Å². The Morgan fingerprint density at radius 2 is 2.06 bits per heavy atom. The minimum absolute atomic E-state index is 0.0621. The maximum atomic E-state index is 11.8. The molecule has 0 aliphatic heterocycles. The third-order valence-corrected chi connectivity index (χ3v) is 4.34. The Balaban J connectivity index is 3.42. The maximum absolute atomic E-state index is 11.8. The van der Waals surface area contributed by atoms with Crippen molar-refractivity contribution in [1.82, 2.24) is 0 Å². The van der Waals surface area contributed by atoms with E-state index in [-0.39, 0.29) is 5.75 Å². The Bertz CT molecular complexity index is 518. The zero-order chi connectivity index (χ0) is 12.3. The van der Waals surface area contributed by atoms with Crippen molar-refractivity contribution >= 4 is 15.5 Å². The highest BCUT2D eigenvalue weighted by Gasteiger charge is 2.15. The van der Waals surface area contributed by atoms with Crippen molar-refractivity contribution < 1.29 is 13.6 Å². The topological polar surface area (TPSA) is 66.7 Å². The quantitative estimate of drug-likeness (QED) is 0.500. The number of sulfone groups is 1. The second-order valence-electron chi connectivity index (χ2n) is 3.57. The molecule has 1 rings (SSSR count). The molecule has 0 heterocycles. The molecule has 5 heteroatoms. The third kappa shape index (κ3) is 2.41. The van der Waals surface area contributed by atoms with E-state index in [1.54, 1.807) is 39.0 Å². The standard InChI is InChI=1S/C11H15NO3S/c1-4-16(14,15)11-7-10(9(3)12-13)6-5-8(11)2/h5-7,13H,4H2,1-3H3/b12-9+. The summed E-state index contributed by atoms with van der Waals surface area (Å²) in [4.78, 5) is 0.301. The Labute approximate surface area is 95.5 Å². The van der Waals surface area contributed by atoms with Crippen molar-refractivity contribution in [2.75, 3.05) is 5.75 Å². The summed E-state index contributed by atoms with van der Waals surface area (Å²) in [6, 6.07) is 4.99. The van der Waals surface area contributed by atoms with E-state index in [2.05, 4.69) is 5.16 Å². The van der Waals surface area contributed by atoms with Gasteiger partial charge in [0.15, 0.2) is 9.84 Å². The highest BCUT2D eigenvalue weighted by molar-refractivity contribution is 7.91. The lowest BCUT2D eigenvalue weighted by Crippen LogP contribution is -2.07. The SMILES string of the molecule is CCS(=O)(=O)c1cc(/C(C)=N/O)ccc1C. The van der Waals surface area contributed by atoms with Crippen LogP contribution in [-0.2, 0) is 9.84 Å². The van der Waals surface area contributed by atoms with Gasteiger partial charge in [-0.1, -0.05) is 24.2 Å².